The lowest BCUT2D eigenvalue weighted by Gasteiger charge is -2.28. The fourth-order valence-electron chi connectivity index (χ4n) is 2.91. The first-order valence-corrected chi connectivity index (χ1v) is 7.61. The fourth-order valence-corrected chi connectivity index (χ4v) is 2.91. The topological polar surface area (TPSA) is 56.4 Å². The number of nitrogens with one attached hydrogen (secondary N) is 1. The Labute approximate surface area is 132 Å². The molecule has 128 valence electrons. The maximum atomic E-state index is 12.8. The average molecular weight is 331 g/mol. The van der Waals surface area contributed by atoms with Gasteiger partial charge in [0, 0.05) is 31.9 Å². The van der Waals surface area contributed by atoms with Crippen LogP contribution in [0, 0.1) is 0 Å². The molecule has 1 aromatic rings. The van der Waals surface area contributed by atoms with Crippen LogP contribution in [0.15, 0.2) is 17.1 Å². The van der Waals surface area contributed by atoms with E-state index in [1.807, 2.05) is 11.9 Å². The van der Waals surface area contributed by atoms with E-state index in [9.17, 15) is 22.8 Å². The van der Waals surface area contributed by atoms with Crippen molar-refractivity contribution in [3.63, 3.8) is 0 Å². The van der Waals surface area contributed by atoms with Crippen molar-refractivity contribution >= 4 is 5.91 Å². The van der Waals surface area contributed by atoms with Gasteiger partial charge in [-0.25, -0.2) is 0 Å². The fraction of sp³-hybridized carbons (Fsp3) is 0.600. The quantitative estimate of drug-likeness (QED) is 0.917. The van der Waals surface area contributed by atoms with Crippen LogP contribution in [0.5, 0.6) is 0 Å². The van der Waals surface area contributed by atoms with Crippen LogP contribution in [0.3, 0.4) is 0 Å². The molecule has 1 N–H and O–H groups in total. The number of likely N-dealkylation sites (N-methyl/N-ethyl adjacent to an activating group) is 2. The monoisotopic (exact) mass is 331 g/mol. The Morgan fingerprint density at radius 3 is 2.65 bits per heavy atom. The van der Waals surface area contributed by atoms with Gasteiger partial charge in [-0.15, -0.1) is 0 Å². The van der Waals surface area contributed by atoms with Crippen LogP contribution in [0.1, 0.15) is 36.2 Å². The van der Waals surface area contributed by atoms with E-state index in [2.05, 4.69) is 4.90 Å². The van der Waals surface area contributed by atoms with Crippen LogP contribution in [-0.2, 0) is 6.18 Å². The van der Waals surface area contributed by atoms with Gasteiger partial charge in [-0.05, 0) is 26.0 Å². The maximum absolute atomic E-state index is 12.8. The molecular weight excluding hydrogens is 311 g/mol. The molecule has 5 nitrogen and oxygen atoms in total. The van der Waals surface area contributed by atoms with Gasteiger partial charge in [0.05, 0.1) is 5.56 Å². The molecule has 8 heteroatoms. The van der Waals surface area contributed by atoms with Crippen molar-refractivity contribution in [1.29, 1.82) is 0 Å². The third kappa shape index (κ3) is 3.74. The normalized spacial score (nSPS) is 19.1. The zero-order valence-corrected chi connectivity index (χ0v) is 13.1. The number of alkyl halides is 3. The van der Waals surface area contributed by atoms with Crippen molar-refractivity contribution in [3.05, 3.63) is 33.7 Å². The summed E-state index contributed by atoms with van der Waals surface area (Å²) in [7, 11) is 0. The summed E-state index contributed by atoms with van der Waals surface area (Å²) in [6.07, 6.45) is -2.94. The molecule has 0 aliphatic carbocycles. The van der Waals surface area contributed by atoms with Crippen molar-refractivity contribution in [1.82, 2.24) is 14.8 Å². The molecule has 0 aromatic carbocycles. The molecule has 2 heterocycles. The number of pyridine rings is 1. The van der Waals surface area contributed by atoms with Crippen LogP contribution in [0.2, 0.25) is 0 Å². The molecule has 1 atom stereocenters. The molecule has 1 saturated heterocycles. The van der Waals surface area contributed by atoms with Gasteiger partial charge in [0.15, 0.2) is 0 Å². The summed E-state index contributed by atoms with van der Waals surface area (Å²) in [5.41, 5.74) is -2.73. The number of H-pyrrole nitrogens is 1. The first kappa shape index (κ1) is 17.5. The molecule has 1 unspecified atom stereocenters. The number of hydrogen-bond acceptors (Lipinski definition) is 3. The molecule has 1 aliphatic heterocycles. The Morgan fingerprint density at radius 1 is 1.43 bits per heavy atom. The second-order valence-electron chi connectivity index (χ2n) is 5.56. The predicted octanol–water partition coefficient (Wildman–Crippen LogP) is 1.95. The van der Waals surface area contributed by atoms with Gasteiger partial charge < -0.3 is 14.8 Å². The minimum absolute atomic E-state index is 0.0197. The van der Waals surface area contributed by atoms with Gasteiger partial charge in [0.2, 0.25) is 0 Å². The SMILES string of the molecule is CCN1CCC(N(CC)C(=O)c2c[nH]c(=O)c(C(F)(F)F)c2)C1. The zero-order valence-electron chi connectivity index (χ0n) is 13.1. The van der Waals surface area contributed by atoms with Gasteiger partial charge in [-0.1, -0.05) is 6.92 Å². The zero-order chi connectivity index (χ0) is 17.2. The highest BCUT2D eigenvalue weighted by Crippen LogP contribution is 2.27. The third-order valence-electron chi connectivity index (χ3n) is 4.19. The van der Waals surface area contributed by atoms with Gasteiger partial charge in [0.25, 0.3) is 11.5 Å². The Hall–Kier alpha value is -1.83. The molecule has 2 rings (SSSR count). The van der Waals surface area contributed by atoms with Crippen LogP contribution < -0.4 is 5.56 Å². The molecule has 0 radical (unpaired) electrons. The first-order chi connectivity index (χ1) is 10.8. The van der Waals surface area contributed by atoms with Gasteiger partial charge in [-0.2, -0.15) is 13.2 Å². The summed E-state index contributed by atoms with van der Waals surface area (Å²) in [4.78, 5) is 29.7. The van der Waals surface area contributed by atoms with Crippen LogP contribution in [-0.4, -0.2) is 52.9 Å². The lowest BCUT2D eigenvalue weighted by atomic mass is 10.1. The Balaban J connectivity index is 2.26. The predicted molar refractivity (Wildman–Crippen MR) is 79.3 cm³/mol. The highest BCUT2D eigenvalue weighted by atomic mass is 19.4. The minimum atomic E-state index is -4.78. The van der Waals surface area contributed by atoms with Crippen molar-refractivity contribution < 1.29 is 18.0 Å². The largest absolute Gasteiger partial charge is 0.421 e. The number of aromatic nitrogens is 1. The van der Waals surface area contributed by atoms with E-state index >= 15 is 0 Å². The summed E-state index contributed by atoms with van der Waals surface area (Å²) >= 11 is 0. The summed E-state index contributed by atoms with van der Waals surface area (Å²) in [6.45, 7) is 6.68. The number of aromatic amines is 1. The molecular formula is C15H20F3N3O2. The molecule has 0 saturated carbocycles. The molecule has 23 heavy (non-hydrogen) atoms. The van der Waals surface area contributed by atoms with Crippen LogP contribution in [0.25, 0.3) is 0 Å². The van der Waals surface area contributed by atoms with E-state index in [0.717, 1.165) is 25.7 Å². The standard InChI is InChI=1S/C15H20F3N3O2/c1-3-20-6-5-11(9-20)21(4-2)14(23)10-7-12(15(16,17)18)13(22)19-8-10/h7-8,11H,3-6,9H2,1-2H3,(H,19,22). The number of carbonyl (C=O) groups is 1. The van der Waals surface area contributed by atoms with E-state index < -0.39 is 23.2 Å². The molecule has 0 spiro atoms. The Bertz CT molecular complexity index is 627. The first-order valence-electron chi connectivity index (χ1n) is 7.61. The Kier molecular flexibility index (Phi) is 5.13. The van der Waals surface area contributed by atoms with E-state index in [0.29, 0.717) is 19.2 Å². The lowest BCUT2D eigenvalue weighted by molar-refractivity contribution is -0.138. The van der Waals surface area contributed by atoms with E-state index in [1.54, 1.807) is 11.8 Å². The smallest absolute Gasteiger partial charge is 0.335 e. The highest BCUT2D eigenvalue weighted by Gasteiger charge is 2.36. The number of carbonyl (C=O) groups excluding carboxylic acids is 1. The summed E-state index contributed by atoms with van der Waals surface area (Å²) in [5, 5.41) is 0. The maximum Gasteiger partial charge on any atom is 0.421 e. The van der Waals surface area contributed by atoms with Crippen LogP contribution >= 0.6 is 0 Å². The molecule has 1 aliphatic rings. The summed E-state index contributed by atoms with van der Waals surface area (Å²) < 4.78 is 38.5. The number of halogens is 3. The number of amides is 1. The molecule has 1 amide bonds. The second-order valence-corrected chi connectivity index (χ2v) is 5.56. The average Bonchev–Trinajstić information content (AvgIpc) is 2.96. The number of nitrogens with zero attached hydrogens (tertiary/aromatic N) is 2. The van der Waals surface area contributed by atoms with Crippen molar-refractivity contribution in [2.75, 3.05) is 26.2 Å². The van der Waals surface area contributed by atoms with Gasteiger partial charge in [0.1, 0.15) is 5.56 Å². The van der Waals surface area contributed by atoms with Crippen LogP contribution in [0.4, 0.5) is 13.2 Å². The number of rotatable bonds is 4. The van der Waals surface area contributed by atoms with E-state index in [-0.39, 0.29) is 11.6 Å². The molecule has 1 fully saturated rings. The molecule has 1 aromatic heterocycles. The number of likely N-dealkylation sites (tertiary alicyclic amines) is 1. The Morgan fingerprint density at radius 2 is 2.13 bits per heavy atom. The summed E-state index contributed by atoms with van der Waals surface area (Å²) in [5.74, 6) is -0.489. The lowest BCUT2D eigenvalue weighted by Crippen LogP contribution is -2.42. The minimum Gasteiger partial charge on any atom is -0.335 e. The number of hydrogen-bond donors (Lipinski definition) is 1. The van der Waals surface area contributed by atoms with Crippen molar-refractivity contribution in [2.24, 2.45) is 0 Å². The molecule has 0 bridgehead atoms. The highest BCUT2D eigenvalue weighted by molar-refractivity contribution is 5.94. The van der Waals surface area contributed by atoms with E-state index in [4.69, 9.17) is 0 Å². The van der Waals surface area contributed by atoms with Crippen molar-refractivity contribution in [2.45, 2.75) is 32.5 Å². The third-order valence-corrected chi connectivity index (χ3v) is 4.19. The second kappa shape index (κ2) is 6.74. The van der Waals surface area contributed by atoms with E-state index in [1.165, 1.54) is 0 Å². The van der Waals surface area contributed by atoms with Crippen molar-refractivity contribution in [3.8, 4) is 0 Å². The van der Waals surface area contributed by atoms with Gasteiger partial charge >= 0.3 is 6.18 Å². The van der Waals surface area contributed by atoms with Gasteiger partial charge in [-0.3, -0.25) is 9.59 Å². The summed E-state index contributed by atoms with van der Waals surface area (Å²) in [6, 6.07) is 0.616.